The minimum absolute atomic E-state index is 0.0390. The van der Waals surface area contributed by atoms with Crippen LogP contribution in [0.25, 0.3) is 0 Å². The zero-order valence-electron chi connectivity index (χ0n) is 15.2. The number of para-hydroxylation sites is 1. The molecule has 0 aromatic heterocycles. The molecule has 2 aromatic rings. The Hall–Kier alpha value is -2.29. The Morgan fingerprint density at radius 3 is 2.62 bits per heavy atom. The summed E-state index contributed by atoms with van der Waals surface area (Å²) in [7, 11) is 1.72. The molecule has 1 heterocycles. The van der Waals surface area contributed by atoms with Crippen LogP contribution in [0.3, 0.4) is 0 Å². The van der Waals surface area contributed by atoms with Gasteiger partial charge in [0, 0.05) is 17.2 Å². The van der Waals surface area contributed by atoms with E-state index in [-0.39, 0.29) is 5.41 Å². The van der Waals surface area contributed by atoms with E-state index in [2.05, 4.69) is 74.9 Å². The Labute approximate surface area is 144 Å². The maximum absolute atomic E-state index is 6.20. The number of ether oxygens (including phenoxy) is 2. The van der Waals surface area contributed by atoms with Crippen LogP contribution in [0, 0.1) is 6.92 Å². The van der Waals surface area contributed by atoms with E-state index < -0.39 is 0 Å². The van der Waals surface area contributed by atoms with Crippen molar-refractivity contribution in [2.24, 2.45) is 0 Å². The van der Waals surface area contributed by atoms with Crippen LogP contribution in [0.2, 0.25) is 0 Å². The number of hydrogen-bond donors (Lipinski definition) is 0. The summed E-state index contributed by atoms with van der Waals surface area (Å²) in [6.45, 7) is 9.35. The van der Waals surface area contributed by atoms with Crippen LogP contribution in [0.4, 0.5) is 5.69 Å². The van der Waals surface area contributed by atoms with Gasteiger partial charge in [-0.15, -0.1) is 0 Å². The highest BCUT2D eigenvalue weighted by Gasteiger charge is 2.30. The van der Waals surface area contributed by atoms with Crippen molar-refractivity contribution in [3.63, 3.8) is 0 Å². The smallest absolute Gasteiger partial charge is 0.292 e. The van der Waals surface area contributed by atoms with E-state index in [0.29, 0.717) is 6.73 Å². The van der Waals surface area contributed by atoms with Crippen molar-refractivity contribution in [2.75, 3.05) is 13.8 Å². The third-order valence-electron chi connectivity index (χ3n) is 5.01. The molecule has 0 N–H and O–H groups in total. The summed E-state index contributed by atoms with van der Waals surface area (Å²) in [6, 6.07) is 12.5. The molecule has 1 aliphatic heterocycles. The van der Waals surface area contributed by atoms with Gasteiger partial charge in [-0.1, -0.05) is 39.0 Å². The summed E-state index contributed by atoms with van der Waals surface area (Å²) < 4.78 is 13.9. The number of aryl methyl sites for hydroxylation is 1. The zero-order valence-corrected chi connectivity index (χ0v) is 15.2. The minimum atomic E-state index is 0.0390. The first kappa shape index (κ1) is 16.6. The molecule has 0 amide bonds. The average Bonchev–Trinajstić information content (AvgIpc) is 2.60. The van der Waals surface area contributed by atoms with Gasteiger partial charge < -0.3 is 9.47 Å². The predicted molar refractivity (Wildman–Crippen MR) is 98.1 cm³/mol. The molecule has 0 atom stereocenters. The highest BCUT2D eigenvalue weighted by atomic mass is 16.5. The van der Waals surface area contributed by atoms with Crippen LogP contribution in [0.5, 0.6) is 11.5 Å². The molecule has 0 saturated heterocycles. The number of nitrogens with zero attached hydrogens (tertiary/aromatic N) is 1. The SMILES string of the molecule is CCC(C)(C)c1cc(OC)cc2c1OC[N+](c1ccccc1C)=C2. The molecule has 3 heteroatoms. The molecule has 2 aromatic carbocycles. The van der Waals surface area contributed by atoms with E-state index >= 15 is 0 Å². The number of methoxy groups -OCH3 is 1. The van der Waals surface area contributed by atoms with E-state index in [1.54, 1.807) is 7.11 Å². The molecule has 0 unspecified atom stereocenters. The van der Waals surface area contributed by atoms with Crippen LogP contribution in [-0.2, 0) is 5.41 Å². The van der Waals surface area contributed by atoms with Crippen LogP contribution in [0.1, 0.15) is 43.9 Å². The fraction of sp³-hybridized carbons (Fsp3) is 0.381. The van der Waals surface area contributed by atoms with Gasteiger partial charge in [0.2, 0.25) is 5.69 Å². The fourth-order valence-electron chi connectivity index (χ4n) is 3.06. The first-order valence-corrected chi connectivity index (χ1v) is 8.48. The van der Waals surface area contributed by atoms with Gasteiger partial charge in [0.05, 0.1) is 12.7 Å². The van der Waals surface area contributed by atoms with E-state index in [0.717, 1.165) is 23.5 Å². The van der Waals surface area contributed by atoms with Crippen LogP contribution in [0.15, 0.2) is 36.4 Å². The summed E-state index contributed by atoms with van der Waals surface area (Å²) in [5.41, 5.74) is 4.72. The van der Waals surface area contributed by atoms with E-state index in [1.165, 1.54) is 16.8 Å². The van der Waals surface area contributed by atoms with Gasteiger partial charge in [-0.25, -0.2) is 0 Å². The topological polar surface area (TPSA) is 21.5 Å². The molecule has 3 nitrogen and oxygen atoms in total. The molecule has 126 valence electrons. The first-order valence-electron chi connectivity index (χ1n) is 8.48. The second-order valence-corrected chi connectivity index (χ2v) is 6.99. The lowest BCUT2D eigenvalue weighted by molar-refractivity contribution is -0.476. The summed E-state index contributed by atoms with van der Waals surface area (Å²) in [4.78, 5) is 0. The summed E-state index contributed by atoms with van der Waals surface area (Å²) in [5.74, 6) is 1.85. The van der Waals surface area contributed by atoms with Crippen molar-refractivity contribution >= 4 is 11.9 Å². The largest absolute Gasteiger partial charge is 0.497 e. The van der Waals surface area contributed by atoms with Crippen molar-refractivity contribution in [3.05, 3.63) is 53.1 Å². The third-order valence-corrected chi connectivity index (χ3v) is 5.01. The van der Waals surface area contributed by atoms with Crippen molar-refractivity contribution in [3.8, 4) is 11.5 Å². The lowest BCUT2D eigenvalue weighted by Crippen LogP contribution is -2.25. The Morgan fingerprint density at radius 2 is 1.96 bits per heavy atom. The maximum Gasteiger partial charge on any atom is 0.292 e. The summed E-state index contributed by atoms with van der Waals surface area (Å²) >= 11 is 0. The highest BCUT2D eigenvalue weighted by Crippen LogP contribution is 2.40. The Kier molecular flexibility index (Phi) is 4.35. The minimum Gasteiger partial charge on any atom is -0.497 e. The fourth-order valence-corrected chi connectivity index (χ4v) is 3.06. The standard InChI is InChI=1S/C21H26NO2/c1-6-21(3,4)18-12-17(23-5)11-16-13-22(14-24-20(16)18)19-10-8-7-9-15(19)2/h7-13H,6,14H2,1-5H3/q+1. The quantitative estimate of drug-likeness (QED) is 0.753. The Morgan fingerprint density at radius 1 is 1.21 bits per heavy atom. The molecule has 0 aliphatic carbocycles. The summed E-state index contributed by atoms with van der Waals surface area (Å²) in [5, 5.41) is 0. The molecule has 0 saturated carbocycles. The van der Waals surface area contributed by atoms with Gasteiger partial charge in [-0.2, -0.15) is 4.58 Å². The number of fused-ring (bicyclic) bond motifs is 1. The molecule has 0 bridgehead atoms. The highest BCUT2D eigenvalue weighted by molar-refractivity contribution is 5.83. The molecular formula is C21H26NO2+. The normalized spacial score (nSPS) is 13.8. The van der Waals surface area contributed by atoms with E-state index in [9.17, 15) is 0 Å². The number of rotatable bonds is 4. The Balaban J connectivity index is 2.15. The van der Waals surface area contributed by atoms with Crippen molar-refractivity contribution in [1.29, 1.82) is 0 Å². The van der Waals surface area contributed by atoms with E-state index in [4.69, 9.17) is 9.47 Å². The van der Waals surface area contributed by atoms with Gasteiger partial charge in [0.25, 0.3) is 6.73 Å². The maximum atomic E-state index is 6.20. The number of benzene rings is 2. The number of hydrogen-bond acceptors (Lipinski definition) is 2. The van der Waals surface area contributed by atoms with Crippen molar-refractivity contribution in [1.82, 2.24) is 0 Å². The third kappa shape index (κ3) is 2.91. The molecule has 24 heavy (non-hydrogen) atoms. The summed E-state index contributed by atoms with van der Waals surface area (Å²) in [6.07, 6.45) is 3.20. The van der Waals surface area contributed by atoms with Crippen molar-refractivity contribution < 1.29 is 14.0 Å². The van der Waals surface area contributed by atoms with E-state index in [1.807, 2.05) is 0 Å². The monoisotopic (exact) mass is 324 g/mol. The Bertz CT molecular complexity index is 790. The molecular weight excluding hydrogens is 298 g/mol. The molecule has 3 rings (SSSR count). The van der Waals surface area contributed by atoms with Gasteiger partial charge in [-0.3, -0.25) is 0 Å². The van der Waals surface area contributed by atoms with Crippen LogP contribution < -0.4 is 9.47 Å². The second kappa shape index (κ2) is 6.31. The second-order valence-electron chi connectivity index (χ2n) is 6.99. The lowest BCUT2D eigenvalue weighted by atomic mass is 9.80. The van der Waals surface area contributed by atoms with Gasteiger partial charge in [0.1, 0.15) is 11.5 Å². The van der Waals surface area contributed by atoms with Crippen molar-refractivity contribution in [2.45, 2.75) is 39.5 Å². The van der Waals surface area contributed by atoms with Gasteiger partial charge in [-0.05, 0) is 30.9 Å². The average molecular weight is 324 g/mol. The molecule has 1 aliphatic rings. The molecule has 0 spiro atoms. The molecule has 0 radical (unpaired) electrons. The van der Waals surface area contributed by atoms with Crippen LogP contribution in [-0.4, -0.2) is 24.6 Å². The van der Waals surface area contributed by atoms with Gasteiger partial charge >= 0.3 is 0 Å². The molecule has 0 fully saturated rings. The van der Waals surface area contributed by atoms with Crippen LogP contribution >= 0.6 is 0 Å². The first-order chi connectivity index (χ1) is 11.5. The van der Waals surface area contributed by atoms with Gasteiger partial charge in [0.15, 0.2) is 6.21 Å². The predicted octanol–water partition coefficient (Wildman–Crippen LogP) is 4.80. The lowest BCUT2D eigenvalue weighted by Gasteiger charge is -2.28. The zero-order chi connectivity index (χ0) is 17.3.